The molecule has 8 heteroatoms. The van der Waals surface area contributed by atoms with E-state index in [1.165, 1.54) is 24.3 Å². The Morgan fingerprint density at radius 3 is 2.39 bits per heavy atom. The third kappa shape index (κ3) is 4.67. The summed E-state index contributed by atoms with van der Waals surface area (Å²) in [7, 11) is -3.84. The first kappa shape index (κ1) is 17.2. The number of hydrogen-bond acceptors (Lipinski definition) is 3. The second-order valence-electron chi connectivity index (χ2n) is 4.77. The van der Waals surface area contributed by atoms with Gasteiger partial charge >= 0.3 is 5.97 Å². The fraction of sp³-hybridized carbons (Fsp3) is 0.133. The maximum Gasteiger partial charge on any atom is 0.303 e. The van der Waals surface area contributed by atoms with E-state index in [0.717, 1.165) is 11.6 Å². The summed E-state index contributed by atoms with van der Waals surface area (Å²) in [6.07, 6.45) is 0.287. The second-order valence-corrected chi connectivity index (χ2v) is 6.86. The van der Waals surface area contributed by atoms with Gasteiger partial charge in [-0.1, -0.05) is 23.7 Å². The number of aliphatic carboxylic acids is 1. The van der Waals surface area contributed by atoms with Gasteiger partial charge in [0.25, 0.3) is 10.0 Å². The van der Waals surface area contributed by atoms with E-state index in [0.29, 0.717) is 6.42 Å². The first-order valence-corrected chi connectivity index (χ1v) is 8.42. The topological polar surface area (TPSA) is 83.5 Å². The number of rotatable bonds is 6. The van der Waals surface area contributed by atoms with Gasteiger partial charge in [0.05, 0.1) is 15.6 Å². The molecule has 0 saturated carbocycles. The van der Waals surface area contributed by atoms with Gasteiger partial charge in [-0.2, -0.15) is 0 Å². The monoisotopic (exact) mass is 357 g/mol. The zero-order chi connectivity index (χ0) is 17.0. The molecule has 0 saturated heterocycles. The average molecular weight is 358 g/mol. The Labute approximate surface area is 137 Å². The van der Waals surface area contributed by atoms with Crippen molar-refractivity contribution in [3.8, 4) is 0 Å². The number of carboxylic acids is 1. The SMILES string of the molecule is O=C(O)CCc1ccc(S(=O)(=O)Nc2ccc(F)c(Cl)c2)cc1. The second kappa shape index (κ2) is 6.97. The van der Waals surface area contributed by atoms with Crippen molar-refractivity contribution in [1.82, 2.24) is 0 Å². The van der Waals surface area contributed by atoms with Crippen LogP contribution in [0.2, 0.25) is 5.02 Å². The summed E-state index contributed by atoms with van der Waals surface area (Å²) in [4.78, 5) is 10.5. The zero-order valence-electron chi connectivity index (χ0n) is 11.8. The van der Waals surface area contributed by atoms with Crippen molar-refractivity contribution in [2.24, 2.45) is 0 Å². The molecule has 0 aliphatic heterocycles. The summed E-state index contributed by atoms with van der Waals surface area (Å²) < 4.78 is 39.8. The van der Waals surface area contributed by atoms with E-state index in [1.54, 1.807) is 12.1 Å². The van der Waals surface area contributed by atoms with Gasteiger partial charge in [0.15, 0.2) is 0 Å². The van der Waals surface area contributed by atoms with Crippen LogP contribution in [0, 0.1) is 5.82 Å². The number of sulfonamides is 1. The maximum atomic E-state index is 13.1. The van der Waals surface area contributed by atoms with Crippen molar-refractivity contribution in [3.05, 3.63) is 58.9 Å². The highest BCUT2D eigenvalue weighted by Gasteiger charge is 2.15. The molecule has 2 rings (SSSR count). The molecule has 0 aliphatic rings. The Morgan fingerprint density at radius 1 is 1.17 bits per heavy atom. The minimum absolute atomic E-state index is 0.0111. The summed E-state index contributed by atoms with van der Waals surface area (Å²) in [6.45, 7) is 0. The molecule has 5 nitrogen and oxygen atoms in total. The normalized spacial score (nSPS) is 11.2. The molecule has 2 aromatic carbocycles. The molecule has 0 spiro atoms. The standard InChI is InChI=1S/C15H13ClFNO4S/c16-13-9-11(4-7-14(13)17)18-23(21,22)12-5-1-10(2-6-12)3-8-15(19)20/h1-2,4-7,9,18H,3,8H2,(H,19,20). The van der Waals surface area contributed by atoms with Crippen LogP contribution >= 0.6 is 11.6 Å². The van der Waals surface area contributed by atoms with E-state index in [1.807, 2.05) is 0 Å². The van der Waals surface area contributed by atoms with Gasteiger partial charge in [-0.3, -0.25) is 9.52 Å². The lowest BCUT2D eigenvalue weighted by Crippen LogP contribution is -2.13. The van der Waals surface area contributed by atoms with E-state index >= 15 is 0 Å². The van der Waals surface area contributed by atoms with Gasteiger partial charge in [0, 0.05) is 6.42 Å². The Hall–Kier alpha value is -2.12. The number of aryl methyl sites for hydroxylation is 1. The van der Waals surface area contributed by atoms with Gasteiger partial charge < -0.3 is 5.11 Å². The maximum absolute atomic E-state index is 13.1. The lowest BCUT2D eigenvalue weighted by Gasteiger charge is -2.09. The van der Waals surface area contributed by atoms with E-state index < -0.39 is 21.8 Å². The van der Waals surface area contributed by atoms with Crippen LogP contribution in [0.1, 0.15) is 12.0 Å². The molecule has 2 N–H and O–H groups in total. The number of nitrogens with one attached hydrogen (secondary N) is 1. The van der Waals surface area contributed by atoms with E-state index in [2.05, 4.69) is 4.72 Å². The van der Waals surface area contributed by atoms with Crippen LogP contribution in [0.4, 0.5) is 10.1 Å². The highest BCUT2D eigenvalue weighted by molar-refractivity contribution is 7.92. The van der Waals surface area contributed by atoms with Crippen molar-refractivity contribution < 1.29 is 22.7 Å². The Balaban J connectivity index is 2.15. The number of hydrogen-bond donors (Lipinski definition) is 2. The molecular weight excluding hydrogens is 345 g/mol. The number of benzene rings is 2. The molecule has 0 atom stereocenters. The predicted molar refractivity (Wildman–Crippen MR) is 84.6 cm³/mol. The summed E-state index contributed by atoms with van der Waals surface area (Å²) in [5.74, 6) is -1.56. The summed E-state index contributed by atoms with van der Waals surface area (Å²) in [5, 5.41) is 8.44. The summed E-state index contributed by atoms with van der Waals surface area (Å²) in [6, 6.07) is 9.37. The van der Waals surface area contributed by atoms with Crippen molar-refractivity contribution >= 4 is 33.3 Å². The molecule has 23 heavy (non-hydrogen) atoms. The average Bonchev–Trinajstić information content (AvgIpc) is 2.49. The minimum atomic E-state index is -3.84. The van der Waals surface area contributed by atoms with Crippen LogP contribution in [0.5, 0.6) is 0 Å². The number of anilines is 1. The molecular formula is C15H13ClFNO4S. The highest BCUT2D eigenvalue weighted by Crippen LogP contribution is 2.22. The molecule has 0 fully saturated rings. The van der Waals surface area contributed by atoms with Crippen LogP contribution in [0.3, 0.4) is 0 Å². The highest BCUT2D eigenvalue weighted by atomic mass is 35.5. The summed E-state index contributed by atoms with van der Waals surface area (Å²) >= 11 is 5.61. The summed E-state index contributed by atoms with van der Waals surface area (Å²) in [5.41, 5.74) is 0.863. The van der Waals surface area contributed by atoms with Crippen molar-refractivity contribution in [1.29, 1.82) is 0 Å². The Bertz CT molecular complexity index is 822. The third-order valence-corrected chi connectivity index (χ3v) is 4.72. The number of halogens is 2. The molecule has 2 aromatic rings. The van der Waals surface area contributed by atoms with Crippen molar-refractivity contribution in [2.75, 3.05) is 4.72 Å². The Morgan fingerprint density at radius 2 is 1.83 bits per heavy atom. The van der Waals surface area contributed by atoms with Gasteiger partial charge in [-0.05, 0) is 42.3 Å². The van der Waals surface area contributed by atoms with Gasteiger partial charge in [-0.15, -0.1) is 0 Å². The van der Waals surface area contributed by atoms with Crippen LogP contribution in [0.15, 0.2) is 47.4 Å². The fourth-order valence-corrected chi connectivity index (χ4v) is 3.09. The largest absolute Gasteiger partial charge is 0.481 e. The van der Waals surface area contributed by atoms with Crippen LogP contribution in [0.25, 0.3) is 0 Å². The van der Waals surface area contributed by atoms with Crippen LogP contribution in [-0.2, 0) is 21.2 Å². The number of carboxylic acid groups (broad SMARTS) is 1. The van der Waals surface area contributed by atoms with E-state index in [9.17, 15) is 17.6 Å². The van der Waals surface area contributed by atoms with Crippen molar-refractivity contribution in [3.63, 3.8) is 0 Å². The molecule has 0 radical (unpaired) electrons. The van der Waals surface area contributed by atoms with Crippen LogP contribution in [-0.4, -0.2) is 19.5 Å². The molecule has 0 unspecified atom stereocenters. The predicted octanol–water partition coefficient (Wildman–Crippen LogP) is 3.30. The molecule has 0 amide bonds. The smallest absolute Gasteiger partial charge is 0.303 e. The molecule has 0 aliphatic carbocycles. The van der Waals surface area contributed by atoms with Gasteiger partial charge in [0.1, 0.15) is 5.82 Å². The van der Waals surface area contributed by atoms with Gasteiger partial charge in [0.2, 0.25) is 0 Å². The van der Waals surface area contributed by atoms with Crippen LogP contribution < -0.4 is 4.72 Å². The number of carbonyl (C=O) groups is 1. The molecule has 0 heterocycles. The fourth-order valence-electron chi connectivity index (χ4n) is 1.86. The van der Waals surface area contributed by atoms with E-state index in [4.69, 9.17) is 16.7 Å². The molecule has 122 valence electrons. The quantitative estimate of drug-likeness (QED) is 0.830. The minimum Gasteiger partial charge on any atom is -0.481 e. The lowest BCUT2D eigenvalue weighted by atomic mass is 10.1. The lowest BCUT2D eigenvalue weighted by molar-refractivity contribution is -0.136. The zero-order valence-corrected chi connectivity index (χ0v) is 13.4. The van der Waals surface area contributed by atoms with Crippen molar-refractivity contribution in [2.45, 2.75) is 17.7 Å². The van der Waals surface area contributed by atoms with E-state index in [-0.39, 0.29) is 22.0 Å². The Kier molecular flexibility index (Phi) is 5.23. The first-order chi connectivity index (χ1) is 10.8. The first-order valence-electron chi connectivity index (χ1n) is 6.56. The van der Waals surface area contributed by atoms with Gasteiger partial charge in [-0.25, -0.2) is 12.8 Å². The molecule has 0 bridgehead atoms. The third-order valence-electron chi connectivity index (χ3n) is 3.03. The molecule has 0 aromatic heterocycles.